The first-order valence-electron chi connectivity index (χ1n) is 6.86. The van der Waals surface area contributed by atoms with E-state index in [4.69, 9.17) is 5.73 Å². The molecule has 0 aliphatic rings. The molecule has 0 saturated carbocycles. The highest BCUT2D eigenvalue weighted by Gasteiger charge is 2.16. The van der Waals surface area contributed by atoms with Crippen LogP contribution in [0.4, 0.5) is 5.69 Å². The summed E-state index contributed by atoms with van der Waals surface area (Å²) in [5, 5.41) is 2.88. The third kappa shape index (κ3) is 3.77. The van der Waals surface area contributed by atoms with Crippen molar-refractivity contribution in [2.45, 2.75) is 39.3 Å². The Labute approximate surface area is 123 Å². The third-order valence-corrected chi connectivity index (χ3v) is 2.99. The normalized spacial score (nSPS) is 12.4. The predicted octanol–water partition coefficient (Wildman–Crippen LogP) is 1.20. The number of nitrogens with one attached hydrogen (secondary N) is 1. The summed E-state index contributed by atoms with van der Waals surface area (Å²) in [5.41, 5.74) is 6.31. The van der Waals surface area contributed by atoms with E-state index in [1.165, 1.54) is 6.20 Å². The highest BCUT2D eigenvalue weighted by atomic mass is 16.2. The number of rotatable bonds is 5. The summed E-state index contributed by atoms with van der Waals surface area (Å²) in [7, 11) is 0. The maximum atomic E-state index is 12.3. The molecule has 1 atom stereocenters. The summed E-state index contributed by atoms with van der Waals surface area (Å²) < 4.78 is 1.90. The first kappa shape index (κ1) is 15.0. The van der Waals surface area contributed by atoms with Gasteiger partial charge in [0.05, 0.1) is 18.2 Å². The van der Waals surface area contributed by atoms with Gasteiger partial charge in [0.15, 0.2) is 5.69 Å². The average Bonchev–Trinajstić information content (AvgIpc) is 2.91. The van der Waals surface area contributed by atoms with Gasteiger partial charge >= 0.3 is 0 Å². The number of anilines is 1. The zero-order valence-corrected chi connectivity index (χ0v) is 12.4. The van der Waals surface area contributed by atoms with Crippen LogP contribution in [0.2, 0.25) is 0 Å². The minimum Gasteiger partial charge on any atom is -0.396 e. The van der Waals surface area contributed by atoms with Crippen molar-refractivity contribution in [1.29, 1.82) is 0 Å². The van der Waals surface area contributed by atoms with Crippen LogP contribution in [-0.4, -0.2) is 31.5 Å². The van der Waals surface area contributed by atoms with Gasteiger partial charge in [0.2, 0.25) is 0 Å². The molecule has 2 aromatic heterocycles. The number of nitrogen functional groups attached to an aromatic ring is 1. The maximum absolute atomic E-state index is 12.3. The van der Waals surface area contributed by atoms with Crippen molar-refractivity contribution < 1.29 is 4.79 Å². The second-order valence-electron chi connectivity index (χ2n) is 5.32. The Kier molecular flexibility index (Phi) is 4.52. The Bertz CT molecular complexity index is 608. The number of carbonyl (C=O) groups is 1. The Morgan fingerprint density at radius 1 is 1.43 bits per heavy atom. The number of hydrogen-bond donors (Lipinski definition) is 2. The second kappa shape index (κ2) is 6.34. The Hall–Kier alpha value is -2.44. The minimum absolute atomic E-state index is 0.0661. The van der Waals surface area contributed by atoms with Gasteiger partial charge in [-0.05, 0) is 6.92 Å². The van der Waals surface area contributed by atoms with Crippen LogP contribution in [0, 0.1) is 0 Å². The van der Waals surface area contributed by atoms with Crippen LogP contribution in [-0.2, 0) is 6.54 Å². The van der Waals surface area contributed by atoms with E-state index in [1.807, 2.05) is 31.5 Å². The molecule has 7 nitrogen and oxygen atoms in total. The van der Waals surface area contributed by atoms with Gasteiger partial charge in [-0.1, -0.05) is 13.8 Å². The lowest BCUT2D eigenvalue weighted by Crippen LogP contribution is -2.36. The Balaban J connectivity index is 2.07. The number of aromatic nitrogens is 4. The van der Waals surface area contributed by atoms with Crippen molar-refractivity contribution in [3.05, 3.63) is 36.4 Å². The number of amides is 1. The minimum atomic E-state index is -0.288. The summed E-state index contributed by atoms with van der Waals surface area (Å²) in [4.78, 5) is 24.6. The first-order valence-corrected chi connectivity index (χ1v) is 6.86. The van der Waals surface area contributed by atoms with Crippen molar-refractivity contribution in [2.75, 3.05) is 5.73 Å². The molecule has 2 aromatic rings. The molecule has 3 N–H and O–H groups in total. The lowest BCUT2D eigenvalue weighted by Gasteiger charge is -2.15. The van der Waals surface area contributed by atoms with E-state index in [0.29, 0.717) is 12.4 Å². The molecule has 0 aliphatic heterocycles. The molecular weight excluding hydrogens is 268 g/mol. The van der Waals surface area contributed by atoms with Gasteiger partial charge in [-0.25, -0.2) is 15.0 Å². The van der Waals surface area contributed by atoms with Crippen molar-refractivity contribution in [3.8, 4) is 0 Å². The molecule has 0 fully saturated rings. The molecule has 0 aromatic carbocycles. The van der Waals surface area contributed by atoms with Crippen molar-refractivity contribution in [2.24, 2.45) is 0 Å². The molecule has 2 heterocycles. The summed E-state index contributed by atoms with van der Waals surface area (Å²) >= 11 is 0. The lowest BCUT2D eigenvalue weighted by molar-refractivity contribution is 0.0932. The molecule has 1 amide bonds. The van der Waals surface area contributed by atoms with Crippen LogP contribution >= 0.6 is 0 Å². The van der Waals surface area contributed by atoms with E-state index < -0.39 is 0 Å². The molecule has 7 heteroatoms. The summed E-state index contributed by atoms with van der Waals surface area (Å²) in [5.74, 6) is 0.460. The smallest absolute Gasteiger partial charge is 0.272 e. The SMILES string of the molecule is CC(Cn1ccnc1)NC(=O)c1nc(C(C)C)ncc1N. The number of nitrogens with two attached hydrogens (primary N) is 1. The van der Waals surface area contributed by atoms with Crippen LogP contribution in [0.5, 0.6) is 0 Å². The molecule has 0 spiro atoms. The Morgan fingerprint density at radius 2 is 2.19 bits per heavy atom. The molecule has 0 aliphatic carbocycles. The van der Waals surface area contributed by atoms with Crippen molar-refractivity contribution in [3.63, 3.8) is 0 Å². The van der Waals surface area contributed by atoms with Gasteiger partial charge in [0, 0.05) is 30.9 Å². The zero-order chi connectivity index (χ0) is 15.4. The number of carbonyl (C=O) groups excluding carboxylic acids is 1. The van der Waals surface area contributed by atoms with Gasteiger partial charge in [-0.3, -0.25) is 4.79 Å². The molecule has 112 valence electrons. The monoisotopic (exact) mass is 288 g/mol. The molecule has 21 heavy (non-hydrogen) atoms. The maximum Gasteiger partial charge on any atom is 0.272 e. The highest BCUT2D eigenvalue weighted by molar-refractivity contribution is 5.97. The Morgan fingerprint density at radius 3 is 2.81 bits per heavy atom. The van der Waals surface area contributed by atoms with E-state index in [2.05, 4.69) is 20.3 Å². The van der Waals surface area contributed by atoms with Gasteiger partial charge in [0.1, 0.15) is 5.82 Å². The van der Waals surface area contributed by atoms with Crippen LogP contribution in [0.25, 0.3) is 0 Å². The number of hydrogen-bond acceptors (Lipinski definition) is 5. The third-order valence-electron chi connectivity index (χ3n) is 2.99. The van der Waals surface area contributed by atoms with Crippen molar-refractivity contribution in [1.82, 2.24) is 24.8 Å². The molecule has 0 radical (unpaired) electrons. The first-order chi connectivity index (χ1) is 9.97. The second-order valence-corrected chi connectivity index (χ2v) is 5.32. The predicted molar refractivity (Wildman–Crippen MR) is 79.7 cm³/mol. The lowest BCUT2D eigenvalue weighted by atomic mass is 10.2. The van der Waals surface area contributed by atoms with E-state index >= 15 is 0 Å². The standard InChI is InChI=1S/C14H20N6O/c1-9(2)13-17-6-11(15)12(19-13)14(21)18-10(3)7-20-5-4-16-8-20/h4-6,8-10H,7,15H2,1-3H3,(H,18,21). The van der Waals surface area contributed by atoms with Crippen LogP contribution in [0.1, 0.15) is 43.0 Å². The van der Waals surface area contributed by atoms with Gasteiger partial charge < -0.3 is 15.6 Å². The van der Waals surface area contributed by atoms with Gasteiger partial charge in [0.25, 0.3) is 5.91 Å². The summed E-state index contributed by atoms with van der Waals surface area (Å²) in [6.07, 6.45) is 6.74. The number of nitrogens with zero attached hydrogens (tertiary/aromatic N) is 4. The van der Waals surface area contributed by atoms with Crippen LogP contribution in [0.3, 0.4) is 0 Å². The molecule has 0 bridgehead atoms. The van der Waals surface area contributed by atoms with Gasteiger partial charge in [-0.15, -0.1) is 0 Å². The summed E-state index contributed by atoms with van der Waals surface area (Å²) in [6.45, 7) is 6.48. The molecule has 2 rings (SSSR count). The van der Waals surface area contributed by atoms with Crippen LogP contribution in [0.15, 0.2) is 24.9 Å². The molecule has 1 unspecified atom stereocenters. The molecule has 0 saturated heterocycles. The van der Waals surface area contributed by atoms with Crippen LogP contribution < -0.4 is 11.1 Å². The van der Waals surface area contributed by atoms with E-state index in [1.54, 1.807) is 12.5 Å². The topological polar surface area (TPSA) is 98.7 Å². The molecular formula is C14H20N6O. The van der Waals surface area contributed by atoms with Crippen molar-refractivity contribution >= 4 is 11.6 Å². The highest BCUT2D eigenvalue weighted by Crippen LogP contribution is 2.13. The fourth-order valence-corrected chi connectivity index (χ4v) is 1.91. The van der Waals surface area contributed by atoms with E-state index in [0.717, 1.165) is 0 Å². The van der Waals surface area contributed by atoms with Gasteiger partial charge in [-0.2, -0.15) is 0 Å². The zero-order valence-electron chi connectivity index (χ0n) is 12.4. The summed E-state index contributed by atoms with van der Waals surface area (Å²) in [6, 6.07) is -0.0661. The fourth-order valence-electron chi connectivity index (χ4n) is 1.91. The van der Waals surface area contributed by atoms with E-state index in [9.17, 15) is 4.79 Å². The fraction of sp³-hybridized carbons (Fsp3) is 0.429. The van der Waals surface area contributed by atoms with E-state index in [-0.39, 0.29) is 29.2 Å². The quantitative estimate of drug-likeness (QED) is 0.861. The number of imidazole rings is 1. The average molecular weight is 288 g/mol. The largest absolute Gasteiger partial charge is 0.396 e.